The number of benzene rings is 4. The molecule has 0 N–H and O–H groups in total. The van der Waals surface area contributed by atoms with Crippen LogP contribution in [0, 0.1) is 0 Å². The molecule has 0 spiro atoms. The summed E-state index contributed by atoms with van der Waals surface area (Å²) < 4.78 is 10.8. The molecule has 0 radical (unpaired) electrons. The highest BCUT2D eigenvalue weighted by Crippen LogP contribution is 2.22. The second kappa shape index (κ2) is 8.92. The fourth-order valence-corrected chi connectivity index (χ4v) is 3.95. The van der Waals surface area contributed by atoms with Gasteiger partial charge in [-0.2, -0.15) is 0 Å². The van der Waals surface area contributed by atoms with Gasteiger partial charge in [0, 0.05) is 11.1 Å². The van der Waals surface area contributed by atoms with E-state index in [2.05, 4.69) is 9.97 Å². The van der Waals surface area contributed by atoms with Crippen molar-refractivity contribution in [2.45, 2.75) is 0 Å². The summed E-state index contributed by atoms with van der Waals surface area (Å²) in [6.45, 7) is 0. The molecule has 0 fully saturated rings. The molecule has 6 aromatic rings. The standard InChI is InChI=1S/C30H18N2O4/c33-29-23-5-1-3-7-25(23)31-27(35-29)21-15-11-19(12-16-21)9-10-20-13-17-22(18-14-20)28-32-26-8-4-2-6-24(26)30(34)36-28/h1-18H/b10-9+. The second-order valence-electron chi connectivity index (χ2n) is 8.22. The van der Waals surface area contributed by atoms with E-state index in [0.717, 1.165) is 22.3 Å². The Balaban J connectivity index is 1.21. The Hall–Kier alpha value is -5.10. The highest BCUT2D eigenvalue weighted by Gasteiger charge is 2.09. The molecule has 0 atom stereocenters. The molecule has 0 aliphatic rings. The zero-order valence-electron chi connectivity index (χ0n) is 18.9. The molecule has 6 nitrogen and oxygen atoms in total. The summed E-state index contributed by atoms with van der Waals surface area (Å²) in [5.41, 5.74) is 3.82. The van der Waals surface area contributed by atoms with Gasteiger partial charge in [0.25, 0.3) is 0 Å². The molecule has 0 amide bonds. The van der Waals surface area contributed by atoms with Crippen molar-refractivity contribution < 1.29 is 8.83 Å². The molecule has 0 saturated carbocycles. The molecule has 0 aliphatic heterocycles. The van der Waals surface area contributed by atoms with Crippen molar-refractivity contribution >= 4 is 34.0 Å². The first-order chi connectivity index (χ1) is 17.6. The lowest BCUT2D eigenvalue weighted by Gasteiger charge is -2.03. The second-order valence-corrected chi connectivity index (χ2v) is 8.22. The first kappa shape index (κ1) is 21.4. The molecule has 6 rings (SSSR count). The molecule has 172 valence electrons. The summed E-state index contributed by atoms with van der Waals surface area (Å²) in [7, 11) is 0. The van der Waals surface area contributed by atoms with Gasteiger partial charge >= 0.3 is 11.3 Å². The Morgan fingerprint density at radius 2 is 0.889 bits per heavy atom. The van der Waals surface area contributed by atoms with Crippen molar-refractivity contribution in [3.63, 3.8) is 0 Å². The lowest BCUT2D eigenvalue weighted by atomic mass is 10.1. The molecule has 0 aliphatic carbocycles. The number of para-hydroxylation sites is 2. The lowest BCUT2D eigenvalue weighted by Crippen LogP contribution is -2.02. The van der Waals surface area contributed by atoms with Gasteiger partial charge in [-0.25, -0.2) is 19.6 Å². The first-order valence-corrected chi connectivity index (χ1v) is 11.3. The van der Waals surface area contributed by atoms with Gasteiger partial charge in [-0.15, -0.1) is 0 Å². The van der Waals surface area contributed by atoms with E-state index >= 15 is 0 Å². The predicted molar refractivity (Wildman–Crippen MR) is 140 cm³/mol. The van der Waals surface area contributed by atoms with Crippen molar-refractivity contribution in [3.8, 4) is 22.9 Å². The average Bonchev–Trinajstić information content (AvgIpc) is 2.92. The van der Waals surface area contributed by atoms with Gasteiger partial charge in [0.2, 0.25) is 11.8 Å². The molecule has 2 heterocycles. The largest absolute Gasteiger partial charge is 0.403 e. The molecule has 0 unspecified atom stereocenters. The van der Waals surface area contributed by atoms with Gasteiger partial charge in [0.1, 0.15) is 0 Å². The zero-order chi connectivity index (χ0) is 24.5. The van der Waals surface area contributed by atoms with Gasteiger partial charge in [0.05, 0.1) is 21.8 Å². The molecule has 6 heteroatoms. The van der Waals surface area contributed by atoms with Crippen LogP contribution >= 0.6 is 0 Å². The summed E-state index contributed by atoms with van der Waals surface area (Å²) in [5.74, 6) is 0.581. The van der Waals surface area contributed by atoms with E-state index in [4.69, 9.17) is 8.83 Å². The van der Waals surface area contributed by atoms with E-state index in [1.165, 1.54) is 0 Å². The Morgan fingerprint density at radius 3 is 1.31 bits per heavy atom. The van der Waals surface area contributed by atoms with E-state index in [-0.39, 0.29) is 0 Å². The average molecular weight is 470 g/mol. The van der Waals surface area contributed by atoms with Crippen LogP contribution in [0.25, 0.3) is 56.9 Å². The van der Waals surface area contributed by atoms with Gasteiger partial charge < -0.3 is 8.83 Å². The maximum absolute atomic E-state index is 12.2. The first-order valence-electron chi connectivity index (χ1n) is 11.3. The van der Waals surface area contributed by atoms with E-state index in [1.54, 1.807) is 36.4 Å². The normalized spacial score (nSPS) is 11.4. The Labute approximate surface area is 204 Å². The number of hydrogen-bond donors (Lipinski definition) is 0. The van der Waals surface area contributed by atoms with E-state index < -0.39 is 11.3 Å². The molecule has 0 bridgehead atoms. The monoisotopic (exact) mass is 470 g/mol. The van der Waals surface area contributed by atoms with E-state index in [0.29, 0.717) is 33.6 Å². The van der Waals surface area contributed by atoms with Crippen LogP contribution in [0.4, 0.5) is 0 Å². The highest BCUT2D eigenvalue weighted by molar-refractivity contribution is 5.80. The van der Waals surface area contributed by atoms with Gasteiger partial charge in [-0.05, 0) is 59.7 Å². The van der Waals surface area contributed by atoms with Crippen LogP contribution in [0.3, 0.4) is 0 Å². The number of rotatable bonds is 4. The topological polar surface area (TPSA) is 86.2 Å². The minimum absolute atomic E-state index is 0.291. The summed E-state index contributed by atoms with van der Waals surface area (Å²) in [5, 5.41) is 0.927. The lowest BCUT2D eigenvalue weighted by molar-refractivity contribution is 0.518. The smallest absolute Gasteiger partial charge is 0.347 e. The molecule has 4 aromatic carbocycles. The number of aromatic nitrogens is 2. The number of fused-ring (bicyclic) bond motifs is 2. The summed E-state index contributed by atoms with van der Waals surface area (Å²) in [6, 6.07) is 29.5. The van der Waals surface area contributed by atoms with Crippen molar-refractivity contribution in [1.29, 1.82) is 0 Å². The quantitative estimate of drug-likeness (QED) is 0.285. The predicted octanol–water partition coefficient (Wildman–Crippen LogP) is 6.19. The molecule has 2 aromatic heterocycles. The zero-order valence-corrected chi connectivity index (χ0v) is 18.9. The molecular weight excluding hydrogens is 452 g/mol. The van der Waals surface area contributed by atoms with Gasteiger partial charge in [-0.3, -0.25) is 0 Å². The van der Waals surface area contributed by atoms with Gasteiger partial charge in [0.15, 0.2) is 0 Å². The summed E-state index contributed by atoms with van der Waals surface area (Å²) in [6.07, 6.45) is 3.97. The molecule has 0 saturated heterocycles. The maximum Gasteiger partial charge on any atom is 0.347 e. The van der Waals surface area contributed by atoms with Crippen LogP contribution in [0.5, 0.6) is 0 Å². The summed E-state index contributed by atoms with van der Waals surface area (Å²) >= 11 is 0. The Kier molecular flexibility index (Phi) is 5.31. The highest BCUT2D eigenvalue weighted by atomic mass is 16.4. The van der Waals surface area contributed by atoms with Crippen LogP contribution in [0.1, 0.15) is 11.1 Å². The van der Waals surface area contributed by atoms with Crippen LogP contribution in [0.15, 0.2) is 115 Å². The molecular formula is C30H18N2O4. The van der Waals surface area contributed by atoms with Crippen molar-refractivity contribution in [3.05, 3.63) is 129 Å². The molecule has 36 heavy (non-hydrogen) atoms. The van der Waals surface area contributed by atoms with Crippen molar-refractivity contribution in [1.82, 2.24) is 9.97 Å². The van der Waals surface area contributed by atoms with Crippen molar-refractivity contribution in [2.75, 3.05) is 0 Å². The third-order valence-electron chi connectivity index (χ3n) is 5.85. The van der Waals surface area contributed by atoms with Crippen LogP contribution in [0.2, 0.25) is 0 Å². The third-order valence-corrected chi connectivity index (χ3v) is 5.85. The van der Waals surface area contributed by atoms with Gasteiger partial charge in [-0.1, -0.05) is 60.7 Å². The number of hydrogen-bond acceptors (Lipinski definition) is 6. The van der Waals surface area contributed by atoms with E-state index in [9.17, 15) is 9.59 Å². The maximum atomic E-state index is 12.2. The summed E-state index contributed by atoms with van der Waals surface area (Å²) in [4.78, 5) is 33.4. The van der Waals surface area contributed by atoms with Crippen molar-refractivity contribution in [2.24, 2.45) is 0 Å². The Bertz CT molecular complexity index is 1730. The Morgan fingerprint density at radius 1 is 0.500 bits per heavy atom. The fourth-order valence-electron chi connectivity index (χ4n) is 3.95. The number of nitrogens with zero attached hydrogens (tertiary/aromatic N) is 2. The van der Waals surface area contributed by atoms with Crippen LogP contribution in [-0.4, -0.2) is 9.97 Å². The third kappa shape index (κ3) is 4.12. The minimum atomic E-state index is -0.402. The minimum Gasteiger partial charge on any atom is -0.403 e. The van der Waals surface area contributed by atoms with Crippen LogP contribution < -0.4 is 11.3 Å². The van der Waals surface area contributed by atoms with E-state index in [1.807, 2.05) is 72.8 Å². The SMILES string of the molecule is O=c1oc(-c2ccc(/C=C/c3ccc(-c4nc5ccccc5c(=O)o4)cc3)cc2)nc2ccccc12. The fraction of sp³-hybridized carbons (Fsp3) is 0. The van der Waals surface area contributed by atoms with Crippen LogP contribution in [-0.2, 0) is 0 Å².